The first-order chi connectivity index (χ1) is 10.1. The Balaban J connectivity index is 2.23. The summed E-state index contributed by atoms with van der Waals surface area (Å²) in [4.78, 5) is 8.93. The molecule has 0 saturated heterocycles. The maximum Gasteiger partial charge on any atom is 0.162 e. The highest BCUT2D eigenvalue weighted by atomic mass is 79.9. The van der Waals surface area contributed by atoms with Gasteiger partial charge in [-0.15, -0.1) is 0 Å². The Hall–Kier alpha value is -1.72. The molecule has 0 unspecified atom stereocenters. The lowest BCUT2D eigenvalue weighted by Crippen LogP contribution is -1.99. The van der Waals surface area contributed by atoms with Crippen molar-refractivity contribution in [1.82, 2.24) is 9.97 Å². The van der Waals surface area contributed by atoms with Crippen LogP contribution in [0.4, 0.5) is 10.2 Å². The fraction of sp³-hybridized carbons (Fsp3) is 0.0667. The summed E-state index contributed by atoms with van der Waals surface area (Å²) < 4.78 is 14.5. The molecule has 0 aliphatic rings. The molecule has 1 heterocycles. The average Bonchev–Trinajstić information content (AvgIpc) is 2.49. The van der Waals surface area contributed by atoms with E-state index in [1.807, 2.05) is 18.2 Å². The zero-order chi connectivity index (χ0) is 15.0. The highest BCUT2D eigenvalue weighted by Crippen LogP contribution is 2.28. The molecule has 21 heavy (non-hydrogen) atoms. The van der Waals surface area contributed by atoms with Crippen molar-refractivity contribution in [1.29, 1.82) is 0 Å². The molecule has 0 radical (unpaired) electrons. The fourth-order valence-electron chi connectivity index (χ4n) is 2.06. The van der Waals surface area contributed by atoms with Gasteiger partial charge in [0.25, 0.3) is 0 Å². The summed E-state index contributed by atoms with van der Waals surface area (Å²) in [5.41, 5.74) is 1.36. The summed E-state index contributed by atoms with van der Waals surface area (Å²) in [6, 6.07) is 10.3. The van der Waals surface area contributed by atoms with Gasteiger partial charge in [-0.05, 0) is 36.4 Å². The molecule has 1 N–H and O–H groups in total. The van der Waals surface area contributed by atoms with Crippen LogP contribution in [0.1, 0.15) is 0 Å². The summed E-state index contributed by atoms with van der Waals surface area (Å²) in [6.45, 7) is 0. The molecule has 0 bridgehead atoms. The number of hydrogen-bond donors (Lipinski definition) is 1. The fourth-order valence-corrected chi connectivity index (χ4v) is 2.53. The minimum Gasteiger partial charge on any atom is -0.373 e. The van der Waals surface area contributed by atoms with Crippen LogP contribution in [0, 0.1) is 5.82 Å². The van der Waals surface area contributed by atoms with Crippen LogP contribution in [0.2, 0.25) is 5.02 Å². The second kappa shape index (κ2) is 5.58. The van der Waals surface area contributed by atoms with E-state index in [1.165, 1.54) is 12.1 Å². The molecule has 2 aromatic carbocycles. The Bertz CT molecular complexity index is 839. The molecule has 6 heteroatoms. The number of benzene rings is 2. The van der Waals surface area contributed by atoms with E-state index < -0.39 is 5.82 Å². The molecule has 3 nitrogen and oxygen atoms in total. The largest absolute Gasteiger partial charge is 0.373 e. The Kier molecular flexibility index (Phi) is 3.78. The van der Waals surface area contributed by atoms with Gasteiger partial charge in [0.05, 0.1) is 10.5 Å². The number of rotatable bonds is 2. The second-order valence-corrected chi connectivity index (χ2v) is 5.76. The van der Waals surface area contributed by atoms with Gasteiger partial charge >= 0.3 is 0 Å². The van der Waals surface area contributed by atoms with E-state index >= 15 is 0 Å². The molecular weight excluding hydrogens is 357 g/mol. The van der Waals surface area contributed by atoms with Gasteiger partial charge in [-0.3, -0.25) is 0 Å². The second-order valence-electron chi connectivity index (χ2n) is 4.44. The molecule has 1 aromatic heterocycles. The van der Waals surface area contributed by atoms with Crippen molar-refractivity contribution < 1.29 is 4.39 Å². The van der Waals surface area contributed by atoms with E-state index in [9.17, 15) is 4.39 Å². The summed E-state index contributed by atoms with van der Waals surface area (Å²) in [5.74, 6) is 0.649. The monoisotopic (exact) mass is 365 g/mol. The Morgan fingerprint density at radius 1 is 1.14 bits per heavy atom. The van der Waals surface area contributed by atoms with Crippen molar-refractivity contribution in [2.45, 2.75) is 0 Å². The number of nitrogens with zero attached hydrogens (tertiary/aromatic N) is 2. The van der Waals surface area contributed by atoms with Crippen molar-refractivity contribution in [3.8, 4) is 11.4 Å². The van der Waals surface area contributed by atoms with Crippen LogP contribution in [-0.4, -0.2) is 17.0 Å². The third-order valence-electron chi connectivity index (χ3n) is 3.07. The van der Waals surface area contributed by atoms with Gasteiger partial charge in [-0.25, -0.2) is 14.4 Å². The van der Waals surface area contributed by atoms with E-state index in [4.69, 9.17) is 11.6 Å². The first kappa shape index (κ1) is 14.2. The van der Waals surface area contributed by atoms with E-state index in [0.717, 1.165) is 15.4 Å². The molecule has 0 atom stereocenters. The molecule has 0 spiro atoms. The number of halogens is 3. The molecular formula is C15H10BrClFN3. The maximum absolute atomic E-state index is 13.6. The van der Waals surface area contributed by atoms with Crippen molar-refractivity contribution in [3.63, 3.8) is 0 Å². The number of fused-ring (bicyclic) bond motifs is 1. The molecule has 3 aromatic rings. The third-order valence-corrected chi connectivity index (χ3v) is 3.87. The molecule has 0 amide bonds. The average molecular weight is 367 g/mol. The van der Waals surface area contributed by atoms with Gasteiger partial charge in [-0.2, -0.15) is 0 Å². The minimum absolute atomic E-state index is 0.0808. The van der Waals surface area contributed by atoms with E-state index in [1.54, 1.807) is 13.1 Å². The maximum atomic E-state index is 13.6. The Labute approximate surface area is 134 Å². The van der Waals surface area contributed by atoms with Crippen molar-refractivity contribution in [2.75, 3.05) is 12.4 Å². The lowest BCUT2D eigenvalue weighted by Gasteiger charge is -2.09. The number of aromatic nitrogens is 2. The number of nitrogens with one attached hydrogen (secondary N) is 1. The number of hydrogen-bond acceptors (Lipinski definition) is 3. The molecule has 3 rings (SSSR count). The quantitative estimate of drug-likeness (QED) is 0.701. The zero-order valence-electron chi connectivity index (χ0n) is 11.0. The van der Waals surface area contributed by atoms with Gasteiger partial charge in [0.1, 0.15) is 11.6 Å². The highest BCUT2D eigenvalue weighted by Gasteiger charge is 2.10. The predicted octanol–water partition coefficient (Wildman–Crippen LogP) is 4.89. The lowest BCUT2D eigenvalue weighted by molar-refractivity contribution is 0.628. The summed E-state index contributed by atoms with van der Waals surface area (Å²) in [7, 11) is 1.79. The molecule has 0 fully saturated rings. The van der Waals surface area contributed by atoms with Gasteiger partial charge in [-0.1, -0.05) is 27.5 Å². The molecule has 106 valence electrons. The van der Waals surface area contributed by atoms with Crippen LogP contribution in [0.15, 0.2) is 40.9 Å². The smallest absolute Gasteiger partial charge is 0.162 e. The standard InChI is InChI=1S/C15H10BrClFN3/c1-19-15-10-7-9(16)3-5-13(10)20-14(21-15)8-2-4-11(17)12(18)6-8/h2-7H,1H3,(H,19,20,21). The van der Waals surface area contributed by atoms with Crippen LogP contribution < -0.4 is 5.32 Å². The van der Waals surface area contributed by atoms with E-state index in [2.05, 4.69) is 31.2 Å². The zero-order valence-corrected chi connectivity index (χ0v) is 13.3. The molecule has 0 aliphatic heterocycles. The van der Waals surface area contributed by atoms with Crippen molar-refractivity contribution in [2.24, 2.45) is 0 Å². The summed E-state index contributed by atoms with van der Waals surface area (Å²) in [5, 5.41) is 4.02. The van der Waals surface area contributed by atoms with Crippen molar-refractivity contribution in [3.05, 3.63) is 51.7 Å². The number of anilines is 1. The predicted molar refractivity (Wildman–Crippen MR) is 87.2 cm³/mol. The summed E-state index contributed by atoms with van der Waals surface area (Å²) >= 11 is 9.13. The first-order valence-electron chi connectivity index (χ1n) is 6.19. The molecule has 0 aliphatic carbocycles. The van der Waals surface area contributed by atoms with Gasteiger partial charge in [0.2, 0.25) is 0 Å². The van der Waals surface area contributed by atoms with Gasteiger partial charge in [0.15, 0.2) is 5.82 Å². The topological polar surface area (TPSA) is 37.8 Å². The van der Waals surface area contributed by atoms with Crippen LogP contribution >= 0.6 is 27.5 Å². The highest BCUT2D eigenvalue weighted by molar-refractivity contribution is 9.10. The third kappa shape index (κ3) is 2.71. The lowest BCUT2D eigenvalue weighted by atomic mass is 10.1. The van der Waals surface area contributed by atoms with Gasteiger partial charge in [0, 0.05) is 22.5 Å². The Morgan fingerprint density at radius 2 is 1.95 bits per heavy atom. The first-order valence-corrected chi connectivity index (χ1v) is 7.36. The van der Waals surface area contributed by atoms with E-state index in [-0.39, 0.29) is 5.02 Å². The minimum atomic E-state index is -0.486. The van der Waals surface area contributed by atoms with Crippen LogP contribution in [0.25, 0.3) is 22.3 Å². The van der Waals surface area contributed by atoms with Crippen molar-refractivity contribution >= 4 is 44.3 Å². The van der Waals surface area contributed by atoms with Gasteiger partial charge < -0.3 is 5.32 Å². The van der Waals surface area contributed by atoms with Crippen LogP contribution in [-0.2, 0) is 0 Å². The van der Waals surface area contributed by atoms with E-state index in [0.29, 0.717) is 17.2 Å². The van der Waals surface area contributed by atoms with Crippen LogP contribution in [0.3, 0.4) is 0 Å². The van der Waals surface area contributed by atoms with Crippen LogP contribution in [0.5, 0.6) is 0 Å². The summed E-state index contributed by atoms with van der Waals surface area (Å²) in [6.07, 6.45) is 0. The normalized spacial score (nSPS) is 10.9. The Morgan fingerprint density at radius 3 is 2.67 bits per heavy atom. The SMILES string of the molecule is CNc1nc(-c2ccc(Cl)c(F)c2)nc2ccc(Br)cc12. The molecule has 0 saturated carbocycles.